The lowest BCUT2D eigenvalue weighted by atomic mass is 10.1. The van der Waals surface area contributed by atoms with Gasteiger partial charge in [-0.3, -0.25) is 4.90 Å². The first-order chi connectivity index (χ1) is 19.0. The van der Waals surface area contributed by atoms with Crippen LogP contribution in [0, 0.1) is 6.92 Å². The van der Waals surface area contributed by atoms with Gasteiger partial charge in [-0.15, -0.1) is 0 Å². The van der Waals surface area contributed by atoms with E-state index in [2.05, 4.69) is 46.1 Å². The molecule has 1 aliphatic rings. The molecule has 206 valence electrons. The highest BCUT2D eigenvalue weighted by molar-refractivity contribution is 6.31. The Morgan fingerprint density at radius 1 is 0.872 bits per heavy atom. The first kappa shape index (κ1) is 27.0. The molecule has 1 aliphatic heterocycles. The van der Waals surface area contributed by atoms with Crippen molar-refractivity contribution in [2.75, 3.05) is 59.0 Å². The van der Waals surface area contributed by atoms with E-state index in [1.807, 2.05) is 30.3 Å². The fourth-order valence-electron chi connectivity index (χ4n) is 5.36. The molecule has 0 aliphatic carbocycles. The number of nitrogens with one attached hydrogen (secondary N) is 1. The van der Waals surface area contributed by atoms with Gasteiger partial charge in [-0.1, -0.05) is 17.7 Å². The SMILES string of the molecule is COc1cc(Oc2cccc(N3CCN(CCCc4c[nH]c5ccc(Cl)cc45)CC3)c2C)cc(OC)c1OC. The molecule has 39 heavy (non-hydrogen) atoms. The van der Waals surface area contributed by atoms with E-state index in [0.717, 1.165) is 67.4 Å². The number of aromatic amines is 1. The number of piperazine rings is 1. The first-order valence-electron chi connectivity index (χ1n) is 13.3. The average molecular weight is 550 g/mol. The van der Waals surface area contributed by atoms with Gasteiger partial charge in [0, 0.05) is 71.7 Å². The summed E-state index contributed by atoms with van der Waals surface area (Å²) < 4.78 is 22.7. The lowest BCUT2D eigenvalue weighted by molar-refractivity contribution is 0.255. The number of rotatable bonds is 10. The maximum absolute atomic E-state index is 6.31. The number of halogens is 1. The minimum Gasteiger partial charge on any atom is -0.493 e. The lowest BCUT2D eigenvalue weighted by Gasteiger charge is -2.37. The van der Waals surface area contributed by atoms with E-state index >= 15 is 0 Å². The Balaban J connectivity index is 1.19. The summed E-state index contributed by atoms with van der Waals surface area (Å²) in [6.07, 6.45) is 4.28. The van der Waals surface area contributed by atoms with Crippen LogP contribution in [0.5, 0.6) is 28.7 Å². The van der Waals surface area contributed by atoms with Gasteiger partial charge in [-0.05, 0) is 62.2 Å². The van der Waals surface area contributed by atoms with Crippen molar-refractivity contribution in [2.24, 2.45) is 0 Å². The normalized spacial score (nSPS) is 14.0. The second-order valence-corrected chi connectivity index (χ2v) is 10.2. The topological polar surface area (TPSA) is 59.2 Å². The number of hydrogen-bond acceptors (Lipinski definition) is 6. The van der Waals surface area contributed by atoms with Gasteiger partial charge in [0.2, 0.25) is 5.75 Å². The Bertz CT molecular complexity index is 1400. The Labute approximate surface area is 235 Å². The van der Waals surface area contributed by atoms with Crippen molar-refractivity contribution in [1.82, 2.24) is 9.88 Å². The fraction of sp³-hybridized carbons (Fsp3) is 0.355. The summed E-state index contributed by atoms with van der Waals surface area (Å²) >= 11 is 6.22. The molecule has 0 saturated carbocycles. The largest absolute Gasteiger partial charge is 0.493 e. The van der Waals surface area contributed by atoms with E-state index in [4.69, 9.17) is 30.5 Å². The van der Waals surface area contributed by atoms with Gasteiger partial charge in [0.05, 0.1) is 21.3 Å². The number of nitrogens with zero attached hydrogens (tertiary/aromatic N) is 2. The zero-order valence-electron chi connectivity index (χ0n) is 23.1. The molecular weight excluding hydrogens is 514 g/mol. The Morgan fingerprint density at radius 3 is 2.31 bits per heavy atom. The van der Waals surface area contributed by atoms with Gasteiger partial charge in [0.25, 0.3) is 0 Å². The van der Waals surface area contributed by atoms with Crippen molar-refractivity contribution in [2.45, 2.75) is 19.8 Å². The van der Waals surface area contributed by atoms with Gasteiger partial charge >= 0.3 is 0 Å². The minimum absolute atomic E-state index is 0.543. The molecule has 0 unspecified atom stereocenters. The third-order valence-electron chi connectivity index (χ3n) is 7.48. The molecule has 1 saturated heterocycles. The highest BCUT2D eigenvalue weighted by Gasteiger charge is 2.21. The zero-order chi connectivity index (χ0) is 27.4. The summed E-state index contributed by atoms with van der Waals surface area (Å²) in [5, 5.41) is 2.02. The van der Waals surface area contributed by atoms with Crippen LogP contribution in [0.1, 0.15) is 17.5 Å². The van der Waals surface area contributed by atoms with E-state index in [1.165, 1.54) is 16.6 Å². The van der Waals surface area contributed by atoms with Gasteiger partial charge in [-0.2, -0.15) is 0 Å². The summed E-state index contributed by atoms with van der Waals surface area (Å²) in [6, 6.07) is 15.9. The Kier molecular flexibility index (Phi) is 8.38. The van der Waals surface area contributed by atoms with Crippen LogP contribution in [-0.4, -0.2) is 63.9 Å². The summed E-state index contributed by atoms with van der Waals surface area (Å²) in [5.74, 6) is 3.10. The summed E-state index contributed by atoms with van der Waals surface area (Å²) in [4.78, 5) is 8.38. The third-order valence-corrected chi connectivity index (χ3v) is 7.72. The van der Waals surface area contributed by atoms with Crippen LogP contribution < -0.4 is 23.8 Å². The predicted molar refractivity (Wildman–Crippen MR) is 158 cm³/mol. The molecule has 0 radical (unpaired) electrons. The van der Waals surface area contributed by atoms with E-state index in [9.17, 15) is 0 Å². The number of fused-ring (bicyclic) bond motifs is 1. The Hall–Kier alpha value is -3.55. The van der Waals surface area contributed by atoms with Crippen molar-refractivity contribution >= 4 is 28.2 Å². The Morgan fingerprint density at radius 2 is 1.62 bits per heavy atom. The summed E-state index contributed by atoms with van der Waals surface area (Å²) in [7, 11) is 4.80. The van der Waals surface area contributed by atoms with Crippen LogP contribution in [0.15, 0.2) is 54.7 Å². The number of ether oxygens (including phenoxy) is 4. The molecule has 2 heterocycles. The molecule has 1 aromatic heterocycles. The highest BCUT2D eigenvalue weighted by atomic mass is 35.5. The first-order valence-corrected chi connectivity index (χ1v) is 13.7. The van der Waals surface area contributed by atoms with Crippen molar-refractivity contribution in [3.8, 4) is 28.7 Å². The molecule has 1 fully saturated rings. The molecule has 5 rings (SSSR count). The van der Waals surface area contributed by atoms with Crippen LogP contribution in [0.2, 0.25) is 5.02 Å². The van der Waals surface area contributed by atoms with Gasteiger partial charge in [-0.25, -0.2) is 0 Å². The van der Waals surface area contributed by atoms with E-state index in [-0.39, 0.29) is 0 Å². The van der Waals surface area contributed by atoms with Crippen molar-refractivity contribution in [3.05, 3.63) is 70.9 Å². The molecule has 0 bridgehead atoms. The average Bonchev–Trinajstić information content (AvgIpc) is 3.35. The van der Waals surface area contributed by atoms with Crippen LogP contribution in [-0.2, 0) is 6.42 Å². The number of anilines is 1. The summed E-state index contributed by atoms with van der Waals surface area (Å²) in [5.41, 5.74) is 4.80. The quantitative estimate of drug-likeness (QED) is 0.237. The van der Waals surface area contributed by atoms with Gasteiger partial charge in [0.15, 0.2) is 11.5 Å². The van der Waals surface area contributed by atoms with Crippen molar-refractivity contribution in [1.29, 1.82) is 0 Å². The van der Waals surface area contributed by atoms with Crippen LogP contribution >= 0.6 is 11.6 Å². The lowest BCUT2D eigenvalue weighted by Crippen LogP contribution is -2.46. The predicted octanol–water partition coefficient (Wildman–Crippen LogP) is 6.70. The van der Waals surface area contributed by atoms with Crippen molar-refractivity contribution < 1.29 is 18.9 Å². The highest BCUT2D eigenvalue weighted by Crippen LogP contribution is 2.43. The number of methoxy groups -OCH3 is 3. The van der Waals surface area contributed by atoms with E-state index in [0.29, 0.717) is 23.0 Å². The smallest absolute Gasteiger partial charge is 0.203 e. The molecular formula is C31H36ClN3O4. The summed E-state index contributed by atoms with van der Waals surface area (Å²) in [6.45, 7) is 7.25. The maximum atomic E-state index is 6.31. The van der Waals surface area contributed by atoms with Gasteiger partial charge in [0.1, 0.15) is 11.5 Å². The molecule has 7 nitrogen and oxygen atoms in total. The van der Waals surface area contributed by atoms with Crippen LogP contribution in [0.4, 0.5) is 5.69 Å². The van der Waals surface area contributed by atoms with Crippen LogP contribution in [0.25, 0.3) is 10.9 Å². The molecule has 1 N–H and O–H groups in total. The maximum Gasteiger partial charge on any atom is 0.203 e. The third kappa shape index (κ3) is 5.89. The molecule has 3 aromatic carbocycles. The van der Waals surface area contributed by atoms with Crippen LogP contribution in [0.3, 0.4) is 0 Å². The number of benzene rings is 3. The van der Waals surface area contributed by atoms with E-state index in [1.54, 1.807) is 21.3 Å². The fourth-order valence-corrected chi connectivity index (χ4v) is 5.53. The van der Waals surface area contributed by atoms with E-state index < -0.39 is 0 Å². The van der Waals surface area contributed by atoms with Crippen molar-refractivity contribution in [3.63, 3.8) is 0 Å². The molecule has 0 atom stereocenters. The molecule has 0 spiro atoms. The zero-order valence-corrected chi connectivity index (χ0v) is 23.8. The molecule has 4 aromatic rings. The molecule has 8 heteroatoms. The minimum atomic E-state index is 0.543. The second-order valence-electron chi connectivity index (χ2n) is 9.80. The standard InChI is InChI=1S/C31H36ClN3O4/c1-21-27(8-5-9-28(21)39-24-18-29(36-2)31(38-4)30(19-24)37-3)35-15-13-34(14-16-35)12-6-7-22-20-33-26-11-10-23(32)17-25(22)26/h5,8-11,17-20,33H,6-7,12-16H2,1-4H3. The number of H-pyrrole nitrogens is 1. The monoisotopic (exact) mass is 549 g/mol. The number of aromatic nitrogens is 1. The molecule has 0 amide bonds. The van der Waals surface area contributed by atoms with Gasteiger partial charge < -0.3 is 28.8 Å². The second kappa shape index (κ2) is 12.1. The number of aryl methyl sites for hydroxylation is 1. The number of hydrogen-bond donors (Lipinski definition) is 1.